The second-order valence-corrected chi connectivity index (χ2v) is 4.32. The van der Waals surface area contributed by atoms with Crippen LogP contribution >= 0.6 is 0 Å². The molecular weight excluding hydrogens is 164 g/mol. The standard InChI is InChI=1S/C10H20N2O/c1-11-10(4-7-13-9-10)8-12-5-2-3-6-12/h11H,2-9H2,1H3. The van der Waals surface area contributed by atoms with Crippen molar-refractivity contribution in [3.05, 3.63) is 0 Å². The Morgan fingerprint density at radius 1 is 1.38 bits per heavy atom. The monoisotopic (exact) mass is 184 g/mol. The van der Waals surface area contributed by atoms with Crippen molar-refractivity contribution in [3.63, 3.8) is 0 Å². The van der Waals surface area contributed by atoms with Gasteiger partial charge in [-0.15, -0.1) is 0 Å². The molecular formula is C10H20N2O. The lowest BCUT2D eigenvalue weighted by atomic mass is 9.98. The molecule has 2 aliphatic rings. The Morgan fingerprint density at radius 2 is 2.15 bits per heavy atom. The van der Waals surface area contributed by atoms with Gasteiger partial charge in [-0.2, -0.15) is 0 Å². The minimum absolute atomic E-state index is 0.254. The number of likely N-dealkylation sites (N-methyl/N-ethyl adjacent to an activating group) is 1. The highest BCUT2D eigenvalue weighted by molar-refractivity contribution is 4.94. The quantitative estimate of drug-likeness (QED) is 0.689. The first-order valence-corrected chi connectivity index (χ1v) is 5.34. The lowest BCUT2D eigenvalue weighted by Crippen LogP contribution is -2.52. The molecule has 2 rings (SSSR count). The van der Waals surface area contributed by atoms with Crippen molar-refractivity contribution < 1.29 is 4.74 Å². The van der Waals surface area contributed by atoms with E-state index in [-0.39, 0.29) is 5.54 Å². The zero-order chi connectivity index (χ0) is 9.15. The number of likely N-dealkylation sites (tertiary alicyclic amines) is 1. The van der Waals surface area contributed by atoms with E-state index in [0.29, 0.717) is 0 Å². The van der Waals surface area contributed by atoms with E-state index in [1.165, 1.54) is 38.9 Å². The number of hydrogen-bond acceptors (Lipinski definition) is 3. The number of nitrogens with zero attached hydrogens (tertiary/aromatic N) is 1. The van der Waals surface area contributed by atoms with Gasteiger partial charge in [-0.3, -0.25) is 0 Å². The predicted octanol–water partition coefficient (Wildman–Crippen LogP) is 0.461. The minimum Gasteiger partial charge on any atom is -0.379 e. The molecule has 0 bridgehead atoms. The number of rotatable bonds is 3. The summed E-state index contributed by atoms with van der Waals surface area (Å²) < 4.78 is 5.47. The van der Waals surface area contributed by atoms with Crippen LogP contribution in [0.15, 0.2) is 0 Å². The van der Waals surface area contributed by atoms with Crippen molar-refractivity contribution in [2.45, 2.75) is 24.8 Å². The Morgan fingerprint density at radius 3 is 2.69 bits per heavy atom. The number of hydrogen-bond donors (Lipinski definition) is 1. The van der Waals surface area contributed by atoms with Gasteiger partial charge in [0.1, 0.15) is 0 Å². The van der Waals surface area contributed by atoms with Crippen LogP contribution < -0.4 is 5.32 Å². The van der Waals surface area contributed by atoms with Crippen LogP contribution in [0.4, 0.5) is 0 Å². The molecule has 0 aromatic rings. The van der Waals surface area contributed by atoms with E-state index < -0.39 is 0 Å². The summed E-state index contributed by atoms with van der Waals surface area (Å²) in [4.78, 5) is 2.56. The third-order valence-corrected chi connectivity index (χ3v) is 3.36. The Bertz CT molecular complexity index is 160. The molecule has 0 saturated carbocycles. The molecule has 0 aromatic carbocycles. The van der Waals surface area contributed by atoms with E-state index in [0.717, 1.165) is 13.2 Å². The summed E-state index contributed by atoms with van der Waals surface area (Å²) in [6.07, 6.45) is 3.92. The van der Waals surface area contributed by atoms with Crippen molar-refractivity contribution >= 4 is 0 Å². The normalized spacial score (nSPS) is 35.8. The topological polar surface area (TPSA) is 24.5 Å². The van der Waals surface area contributed by atoms with Crippen LogP contribution in [0.3, 0.4) is 0 Å². The highest BCUT2D eigenvalue weighted by Gasteiger charge is 2.35. The molecule has 2 aliphatic heterocycles. The van der Waals surface area contributed by atoms with Gasteiger partial charge < -0.3 is 15.0 Å². The molecule has 0 spiro atoms. The molecule has 13 heavy (non-hydrogen) atoms. The number of nitrogens with one attached hydrogen (secondary N) is 1. The molecule has 3 heteroatoms. The third kappa shape index (κ3) is 2.03. The molecule has 0 aromatic heterocycles. The van der Waals surface area contributed by atoms with Crippen molar-refractivity contribution in [2.75, 3.05) is 39.9 Å². The van der Waals surface area contributed by atoms with Gasteiger partial charge in [-0.1, -0.05) is 0 Å². The summed E-state index contributed by atoms with van der Waals surface area (Å²) in [5.74, 6) is 0. The van der Waals surface area contributed by atoms with Crippen molar-refractivity contribution in [2.24, 2.45) is 0 Å². The van der Waals surface area contributed by atoms with Crippen LogP contribution in [0.25, 0.3) is 0 Å². The maximum Gasteiger partial charge on any atom is 0.0661 e. The number of ether oxygens (including phenoxy) is 1. The van der Waals surface area contributed by atoms with E-state index >= 15 is 0 Å². The highest BCUT2D eigenvalue weighted by atomic mass is 16.5. The molecule has 76 valence electrons. The largest absolute Gasteiger partial charge is 0.379 e. The van der Waals surface area contributed by atoms with Crippen molar-refractivity contribution in [1.82, 2.24) is 10.2 Å². The Balaban J connectivity index is 1.88. The lowest BCUT2D eigenvalue weighted by molar-refractivity contribution is 0.147. The summed E-state index contributed by atoms with van der Waals surface area (Å²) in [6.45, 7) is 5.55. The summed E-state index contributed by atoms with van der Waals surface area (Å²) in [7, 11) is 2.06. The van der Waals surface area contributed by atoms with E-state index in [1.807, 2.05) is 0 Å². The van der Waals surface area contributed by atoms with E-state index in [2.05, 4.69) is 17.3 Å². The van der Waals surface area contributed by atoms with E-state index in [1.54, 1.807) is 0 Å². The SMILES string of the molecule is CNC1(CN2CCCC2)CCOC1. The van der Waals surface area contributed by atoms with Crippen LogP contribution in [0.1, 0.15) is 19.3 Å². The zero-order valence-electron chi connectivity index (χ0n) is 8.51. The lowest BCUT2D eigenvalue weighted by Gasteiger charge is -2.31. The molecule has 2 saturated heterocycles. The fraction of sp³-hybridized carbons (Fsp3) is 1.00. The average Bonchev–Trinajstić information content (AvgIpc) is 2.77. The molecule has 3 nitrogen and oxygen atoms in total. The minimum atomic E-state index is 0.254. The molecule has 1 N–H and O–H groups in total. The first kappa shape index (κ1) is 9.44. The molecule has 0 radical (unpaired) electrons. The van der Waals surface area contributed by atoms with Gasteiger partial charge in [0.05, 0.1) is 12.1 Å². The fourth-order valence-electron chi connectivity index (χ4n) is 2.38. The van der Waals surface area contributed by atoms with Gasteiger partial charge in [0.2, 0.25) is 0 Å². The van der Waals surface area contributed by atoms with Gasteiger partial charge in [0.25, 0.3) is 0 Å². The van der Waals surface area contributed by atoms with Crippen LogP contribution in [-0.4, -0.2) is 50.3 Å². The van der Waals surface area contributed by atoms with Gasteiger partial charge in [-0.05, 0) is 39.4 Å². The van der Waals surface area contributed by atoms with Crippen LogP contribution in [0.2, 0.25) is 0 Å². The molecule has 1 atom stereocenters. The smallest absolute Gasteiger partial charge is 0.0661 e. The molecule has 0 amide bonds. The summed E-state index contributed by atoms with van der Waals surface area (Å²) in [5, 5.41) is 3.44. The first-order valence-electron chi connectivity index (χ1n) is 5.34. The third-order valence-electron chi connectivity index (χ3n) is 3.36. The Hall–Kier alpha value is -0.120. The molecule has 0 aliphatic carbocycles. The second kappa shape index (κ2) is 3.95. The van der Waals surface area contributed by atoms with E-state index in [9.17, 15) is 0 Å². The van der Waals surface area contributed by atoms with Crippen LogP contribution in [-0.2, 0) is 4.74 Å². The maximum absolute atomic E-state index is 5.47. The Kier molecular flexibility index (Phi) is 2.86. The Labute approximate surface area is 80.4 Å². The van der Waals surface area contributed by atoms with Gasteiger partial charge in [0, 0.05) is 13.2 Å². The van der Waals surface area contributed by atoms with Crippen molar-refractivity contribution in [1.29, 1.82) is 0 Å². The summed E-state index contributed by atoms with van der Waals surface area (Å²) in [5.41, 5.74) is 0.254. The van der Waals surface area contributed by atoms with E-state index in [4.69, 9.17) is 4.74 Å². The molecule has 1 unspecified atom stereocenters. The predicted molar refractivity (Wildman–Crippen MR) is 52.9 cm³/mol. The van der Waals surface area contributed by atoms with Gasteiger partial charge in [0.15, 0.2) is 0 Å². The van der Waals surface area contributed by atoms with Crippen LogP contribution in [0, 0.1) is 0 Å². The average molecular weight is 184 g/mol. The molecule has 2 fully saturated rings. The highest BCUT2D eigenvalue weighted by Crippen LogP contribution is 2.21. The summed E-state index contributed by atoms with van der Waals surface area (Å²) in [6, 6.07) is 0. The van der Waals surface area contributed by atoms with Gasteiger partial charge in [-0.25, -0.2) is 0 Å². The molecule has 2 heterocycles. The van der Waals surface area contributed by atoms with Crippen molar-refractivity contribution in [3.8, 4) is 0 Å². The van der Waals surface area contributed by atoms with Gasteiger partial charge >= 0.3 is 0 Å². The first-order chi connectivity index (χ1) is 6.35. The maximum atomic E-state index is 5.47. The fourth-order valence-corrected chi connectivity index (χ4v) is 2.38. The summed E-state index contributed by atoms with van der Waals surface area (Å²) >= 11 is 0. The second-order valence-electron chi connectivity index (χ2n) is 4.32. The zero-order valence-corrected chi connectivity index (χ0v) is 8.51. The van der Waals surface area contributed by atoms with Crippen LogP contribution in [0.5, 0.6) is 0 Å².